The minimum Gasteiger partial charge on any atom is -0.497 e. The quantitative estimate of drug-likeness (QED) is 0.391. The molecule has 0 fully saturated rings. The van der Waals surface area contributed by atoms with Gasteiger partial charge in [0.1, 0.15) is 11.5 Å². The molecule has 1 unspecified atom stereocenters. The molecule has 2 N–H and O–H groups in total. The Morgan fingerprint density at radius 2 is 1.51 bits per heavy atom. The molecular weight excluding hydrogens is 458 g/mol. The van der Waals surface area contributed by atoms with E-state index in [1.54, 1.807) is 19.2 Å². The number of hydrogen-bond acceptors (Lipinski definition) is 5. The van der Waals surface area contributed by atoms with E-state index in [2.05, 4.69) is 12.1 Å². The second-order valence-electron chi connectivity index (χ2n) is 8.12. The van der Waals surface area contributed by atoms with Crippen LogP contribution in [0.3, 0.4) is 0 Å². The van der Waals surface area contributed by atoms with Gasteiger partial charge in [-0.1, -0.05) is 30.3 Å². The fourth-order valence-corrected chi connectivity index (χ4v) is 4.40. The summed E-state index contributed by atoms with van der Waals surface area (Å²) in [6, 6.07) is 25.5. The Balaban J connectivity index is 1.57. The van der Waals surface area contributed by atoms with E-state index in [4.69, 9.17) is 37.6 Å². The molecular formula is C27H25N5O2S. The van der Waals surface area contributed by atoms with Crippen LogP contribution in [0.5, 0.6) is 11.5 Å². The standard InChI is InChI=1S/C27H25N5O2S/c1-33-21-12-8-18(9-13-21)24-16-25(32(29-24)27(28)35)23-17-31(20-10-14-22(34-2)15-11-20)30-26(23)19-6-4-3-5-7-19/h3-15,17,25H,16H2,1-2H3,(H2,28,35). The molecule has 0 spiro atoms. The summed E-state index contributed by atoms with van der Waals surface area (Å²) in [4.78, 5) is 0. The molecule has 0 radical (unpaired) electrons. The summed E-state index contributed by atoms with van der Waals surface area (Å²) in [5, 5.41) is 11.7. The fraction of sp³-hybridized carbons (Fsp3) is 0.148. The van der Waals surface area contributed by atoms with Gasteiger partial charge in [0.15, 0.2) is 5.11 Å². The number of thiocarbonyl (C=S) groups is 1. The second-order valence-corrected chi connectivity index (χ2v) is 8.54. The Bertz CT molecular complexity index is 1370. The minimum absolute atomic E-state index is 0.188. The Morgan fingerprint density at radius 3 is 2.11 bits per heavy atom. The van der Waals surface area contributed by atoms with Crippen molar-refractivity contribution in [3.63, 3.8) is 0 Å². The predicted molar refractivity (Wildman–Crippen MR) is 141 cm³/mol. The van der Waals surface area contributed by atoms with Crippen LogP contribution in [0.4, 0.5) is 0 Å². The zero-order valence-electron chi connectivity index (χ0n) is 19.5. The van der Waals surface area contributed by atoms with E-state index < -0.39 is 0 Å². The molecule has 1 aliphatic rings. The molecule has 0 amide bonds. The van der Waals surface area contributed by atoms with Crippen molar-refractivity contribution in [3.8, 4) is 28.4 Å². The van der Waals surface area contributed by atoms with Crippen molar-refractivity contribution in [3.05, 3.63) is 96.2 Å². The molecule has 4 aromatic rings. The number of aromatic nitrogens is 2. The van der Waals surface area contributed by atoms with Crippen molar-refractivity contribution < 1.29 is 9.47 Å². The van der Waals surface area contributed by atoms with Crippen LogP contribution in [0.1, 0.15) is 23.6 Å². The van der Waals surface area contributed by atoms with Gasteiger partial charge in [0, 0.05) is 23.7 Å². The van der Waals surface area contributed by atoms with Crippen LogP contribution < -0.4 is 15.2 Å². The predicted octanol–water partition coefficient (Wildman–Crippen LogP) is 4.95. The zero-order valence-corrected chi connectivity index (χ0v) is 20.3. The van der Waals surface area contributed by atoms with E-state index in [1.807, 2.05) is 77.6 Å². The highest BCUT2D eigenvalue weighted by Gasteiger charge is 2.34. The van der Waals surface area contributed by atoms with Gasteiger partial charge in [0.2, 0.25) is 0 Å². The Labute approximate surface area is 209 Å². The third kappa shape index (κ3) is 4.48. The summed E-state index contributed by atoms with van der Waals surface area (Å²) in [5.74, 6) is 1.58. The van der Waals surface area contributed by atoms with Gasteiger partial charge in [0.25, 0.3) is 0 Å². The lowest BCUT2D eigenvalue weighted by Gasteiger charge is -2.21. The highest BCUT2D eigenvalue weighted by molar-refractivity contribution is 7.80. The molecule has 2 heterocycles. The van der Waals surface area contributed by atoms with Gasteiger partial charge in [-0.15, -0.1) is 0 Å². The molecule has 1 aliphatic heterocycles. The van der Waals surface area contributed by atoms with Crippen LogP contribution >= 0.6 is 12.2 Å². The molecule has 5 rings (SSSR count). The smallest absolute Gasteiger partial charge is 0.187 e. The number of rotatable bonds is 6. The third-order valence-corrected chi connectivity index (χ3v) is 6.23. The SMILES string of the molecule is COc1ccc(C2=NN(C(N)=S)C(c3cn(-c4ccc(OC)cc4)nc3-c3ccccc3)C2)cc1. The van der Waals surface area contributed by atoms with Crippen molar-refractivity contribution in [1.82, 2.24) is 14.8 Å². The number of hydrazone groups is 1. The maximum atomic E-state index is 6.14. The highest BCUT2D eigenvalue weighted by Crippen LogP contribution is 2.38. The number of hydrogen-bond donors (Lipinski definition) is 1. The van der Waals surface area contributed by atoms with E-state index in [0.717, 1.165) is 45.3 Å². The van der Waals surface area contributed by atoms with Crippen LogP contribution in [0.15, 0.2) is 90.2 Å². The maximum Gasteiger partial charge on any atom is 0.187 e. The van der Waals surface area contributed by atoms with Crippen LogP contribution in [0, 0.1) is 0 Å². The van der Waals surface area contributed by atoms with E-state index in [9.17, 15) is 0 Å². The fourth-order valence-electron chi connectivity index (χ4n) is 4.23. The number of benzene rings is 3. The summed E-state index contributed by atoms with van der Waals surface area (Å²) >= 11 is 5.40. The molecule has 35 heavy (non-hydrogen) atoms. The van der Waals surface area contributed by atoms with Crippen LogP contribution in [-0.4, -0.2) is 39.8 Å². The summed E-state index contributed by atoms with van der Waals surface area (Å²) in [7, 11) is 3.30. The number of methoxy groups -OCH3 is 2. The second kappa shape index (κ2) is 9.60. The molecule has 0 saturated heterocycles. The number of nitrogens with two attached hydrogens (primary N) is 1. The Hall–Kier alpha value is -4.17. The largest absolute Gasteiger partial charge is 0.497 e. The molecule has 1 atom stereocenters. The number of ether oxygens (including phenoxy) is 2. The van der Waals surface area contributed by atoms with Gasteiger partial charge in [-0.25, -0.2) is 9.69 Å². The normalized spacial score (nSPS) is 15.1. The first-order valence-electron chi connectivity index (χ1n) is 11.2. The van der Waals surface area contributed by atoms with Gasteiger partial charge in [-0.2, -0.15) is 10.2 Å². The Morgan fingerprint density at radius 1 is 0.886 bits per heavy atom. The van der Waals surface area contributed by atoms with E-state index in [0.29, 0.717) is 6.42 Å². The first-order chi connectivity index (χ1) is 17.1. The lowest BCUT2D eigenvalue weighted by atomic mass is 9.96. The molecule has 7 nitrogen and oxygen atoms in total. The van der Waals surface area contributed by atoms with Gasteiger partial charge < -0.3 is 15.2 Å². The summed E-state index contributed by atoms with van der Waals surface area (Å²) in [5.41, 5.74) is 11.8. The zero-order chi connectivity index (χ0) is 24.4. The van der Waals surface area contributed by atoms with Crippen molar-refractivity contribution >= 4 is 23.0 Å². The summed E-state index contributed by atoms with van der Waals surface area (Å²) < 4.78 is 12.5. The average Bonchev–Trinajstić information content (AvgIpc) is 3.55. The highest BCUT2D eigenvalue weighted by atomic mass is 32.1. The van der Waals surface area contributed by atoms with E-state index >= 15 is 0 Å². The van der Waals surface area contributed by atoms with Crippen LogP contribution in [-0.2, 0) is 0 Å². The van der Waals surface area contributed by atoms with Gasteiger partial charge >= 0.3 is 0 Å². The lowest BCUT2D eigenvalue weighted by Crippen LogP contribution is -2.31. The summed E-state index contributed by atoms with van der Waals surface area (Å²) in [6.07, 6.45) is 2.67. The lowest BCUT2D eigenvalue weighted by molar-refractivity contribution is 0.373. The van der Waals surface area contributed by atoms with Gasteiger partial charge in [0.05, 0.1) is 37.4 Å². The molecule has 176 valence electrons. The van der Waals surface area contributed by atoms with Crippen molar-refractivity contribution in [1.29, 1.82) is 0 Å². The van der Waals surface area contributed by atoms with Crippen molar-refractivity contribution in [2.24, 2.45) is 10.8 Å². The summed E-state index contributed by atoms with van der Waals surface area (Å²) in [6.45, 7) is 0. The third-order valence-electron chi connectivity index (χ3n) is 6.05. The van der Waals surface area contributed by atoms with E-state index in [-0.39, 0.29) is 11.2 Å². The van der Waals surface area contributed by atoms with Gasteiger partial charge in [-0.3, -0.25) is 0 Å². The van der Waals surface area contributed by atoms with Gasteiger partial charge in [-0.05, 0) is 66.3 Å². The van der Waals surface area contributed by atoms with Crippen molar-refractivity contribution in [2.45, 2.75) is 12.5 Å². The molecule has 0 saturated carbocycles. The molecule has 8 heteroatoms. The molecule has 3 aromatic carbocycles. The Kier molecular flexibility index (Phi) is 6.20. The number of nitrogens with zero attached hydrogens (tertiary/aromatic N) is 4. The van der Waals surface area contributed by atoms with Crippen molar-refractivity contribution in [2.75, 3.05) is 14.2 Å². The van der Waals surface area contributed by atoms with E-state index in [1.165, 1.54) is 0 Å². The molecule has 0 bridgehead atoms. The monoisotopic (exact) mass is 483 g/mol. The molecule has 0 aliphatic carbocycles. The first kappa shape index (κ1) is 22.6. The van der Waals surface area contributed by atoms with Crippen LogP contribution in [0.25, 0.3) is 16.9 Å². The maximum absolute atomic E-state index is 6.14. The first-order valence-corrected chi connectivity index (χ1v) is 11.6. The topological polar surface area (TPSA) is 77.9 Å². The average molecular weight is 484 g/mol. The minimum atomic E-state index is -0.188. The van der Waals surface area contributed by atoms with Crippen LogP contribution in [0.2, 0.25) is 0 Å². The molecule has 1 aromatic heterocycles.